The molecule has 1 saturated heterocycles. The van der Waals surface area contributed by atoms with E-state index in [0.717, 1.165) is 31.1 Å². The minimum absolute atomic E-state index is 0.903. The largest absolute Gasteiger partial charge is 0.355 e. The standard InChI is InChI=1S/C12H18N4S/c1-2-13-9-10-11(15-5-3-4-6-15)14-12-16(10)7-8-17-12/h7-8,13H,2-6,9H2,1H3. The summed E-state index contributed by atoms with van der Waals surface area (Å²) in [4.78, 5) is 8.31. The van der Waals surface area contributed by atoms with Crippen LogP contribution in [0.5, 0.6) is 0 Å². The average Bonchev–Trinajstić information content (AvgIpc) is 3.02. The number of anilines is 1. The Morgan fingerprint density at radius 2 is 2.24 bits per heavy atom. The third-order valence-electron chi connectivity index (χ3n) is 3.29. The number of hydrogen-bond donors (Lipinski definition) is 1. The highest BCUT2D eigenvalue weighted by molar-refractivity contribution is 7.15. The van der Waals surface area contributed by atoms with Gasteiger partial charge in [-0.2, -0.15) is 0 Å². The SMILES string of the molecule is CCNCc1c(N2CCCC2)nc2sccn12. The lowest BCUT2D eigenvalue weighted by molar-refractivity contribution is 0.703. The van der Waals surface area contributed by atoms with E-state index < -0.39 is 0 Å². The summed E-state index contributed by atoms with van der Waals surface area (Å²) in [5, 5.41) is 5.52. The van der Waals surface area contributed by atoms with E-state index in [1.54, 1.807) is 11.3 Å². The van der Waals surface area contributed by atoms with Crippen molar-refractivity contribution in [3.05, 3.63) is 17.3 Å². The molecule has 0 unspecified atom stereocenters. The van der Waals surface area contributed by atoms with Gasteiger partial charge < -0.3 is 10.2 Å². The molecule has 17 heavy (non-hydrogen) atoms. The van der Waals surface area contributed by atoms with Crippen molar-refractivity contribution in [2.75, 3.05) is 24.5 Å². The number of fused-ring (bicyclic) bond motifs is 1. The molecule has 0 saturated carbocycles. The van der Waals surface area contributed by atoms with Crippen molar-refractivity contribution in [1.82, 2.24) is 14.7 Å². The first kappa shape index (κ1) is 11.0. The first-order valence-corrected chi connectivity index (χ1v) is 7.18. The molecule has 0 amide bonds. The van der Waals surface area contributed by atoms with Crippen LogP contribution in [0.4, 0.5) is 5.82 Å². The van der Waals surface area contributed by atoms with Crippen molar-refractivity contribution in [2.24, 2.45) is 0 Å². The maximum absolute atomic E-state index is 4.77. The Labute approximate surface area is 105 Å². The molecule has 3 heterocycles. The predicted molar refractivity (Wildman–Crippen MR) is 71.9 cm³/mol. The maximum atomic E-state index is 4.77. The molecule has 1 aliphatic rings. The Balaban J connectivity index is 1.99. The minimum atomic E-state index is 0.903. The van der Waals surface area contributed by atoms with Crippen molar-refractivity contribution in [3.63, 3.8) is 0 Å². The summed E-state index contributed by atoms with van der Waals surface area (Å²) in [6.07, 6.45) is 4.72. The van der Waals surface area contributed by atoms with Gasteiger partial charge in [0.15, 0.2) is 10.8 Å². The molecule has 4 nitrogen and oxygen atoms in total. The molecule has 2 aromatic heterocycles. The topological polar surface area (TPSA) is 32.6 Å². The third kappa shape index (κ3) is 1.93. The van der Waals surface area contributed by atoms with Gasteiger partial charge in [0.25, 0.3) is 0 Å². The van der Waals surface area contributed by atoms with Crippen LogP contribution in [0.1, 0.15) is 25.5 Å². The van der Waals surface area contributed by atoms with Crippen molar-refractivity contribution < 1.29 is 0 Å². The Hall–Kier alpha value is -1.07. The third-order valence-corrected chi connectivity index (χ3v) is 4.04. The molecule has 0 aromatic carbocycles. The Morgan fingerprint density at radius 1 is 1.41 bits per heavy atom. The highest BCUT2D eigenvalue weighted by atomic mass is 32.1. The van der Waals surface area contributed by atoms with Crippen molar-refractivity contribution >= 4 is 22.1 Å². The van der Waals surface area contributed by atoms with Crippen molar-refractivity contribution in [3.8, 4) is 0 Å². The fourth-order valence-electron chi connectivity index (χ4n) is 2.41. The van der Waals surface area contributed by atoms with Gasteiger partial charge in [0.05, 0.1) is 5.69 Å². The molecule has 2 aromatic rings. The highest BCUT2D eigenvalue weighted by Gasteiger charge is 2.21. The molecule has 1 aliphatic heterocycles. The molecule has 1 fully saturated rings. The summed E-state index contributed by atoms with van der Waals surface area (Å²) < 4.78 is 2.22. The molecule has 0 radical (unpaired) electrons. The van der Waals surface area contributed by atoms with E-state index in [-0.39, 0.29) is 0 Å². The Kier molecular flexibility index (Phi) is 3.03. The number of nitrogens with zero attached hydrogens (tertiary/aromatic N) is 3. The fourth-order valence-corrected chi connectivity index (χ4v) is 3.14. The predicted octanol–water partition coefficient (Wildman–Crippen LogP) is 2.11. The number of aromatic nitrogens is 2. The quantitative estimate of drug-likeness (QED) is 0.902. The van der Waals surface area contributed by atoms with E-state index >= 15 is 0 Å². The van der Waals surface area contributed by atoms with Crippen LogP contribution < -0.4 is 10.2 Å². The van der Waals surface area contributed by atoms with E-state index in [1.165, 1.54) is 24.4 Å². The molecule has 1 N–H and O–H groups in total. The molecule has 5 heteroatoms. The molecule has 0 aliphatic carbocycles. The second-order valence-electron chi connectivity index (χ2n) is 4.41. The second kappa shape index (κ2) is 4.66. The summed E-state index contributed by atoms with van der Waals surface area (Å²) in [5.74, 6) is 1.19. The lowest BCUT2D eigenvalue weighted by atomic mass is 10.4. The lowest BCUT2D eigenvalue weighted by Gasteiger charge is -2.16. The van der Waals surface area contributed by atoms with Crippen LogP contribution in [0.2, 0.25) is 0 Å². The van der Waals surface area contributed by atoms with Gasteiger partial charge in [0.2, 0.25) is 0 Å². The first-order chi connectivity index (χ1) is 8.40. The highest BCUT2D eigenvalue weighted by Crippen LogP contribution is 2.27. The zero-order valence-electron chi connectivity index (χ0n) is 10.1. The van der Waals surface area contributed by atoms with Crippen LogP contribution in [-0.4, -0.2) is 29.0 Å². The van der Waals surface area contributed by atoms with Crippen LogP contribution in [0, 0.1) is 0 Å². The van der Waals surface area contributed by atoms with Crippen LogP contribution in [0.15, 0.2) is 11.6 Å². The number of imidazole rings is 1. The van der Waals surface area contributed by atoms with Crippen molar-refractivity contribution in [2.45, 2.75) is 26.3 Å². The summed E-state index contributed by atoms with van der Waals surface area (Å²) in [5.41, 5.74) is 1.31. The Morgan fingerprint density at radius 3 is 3.00 bits per heavy atom. The van der Waals surface area contributed by atoms with Gasteiger partial charge in [0.1, 0.15) is 0 Å². The molecule has 3 rings (SSSR count). The maximum Gasteiger partial charge on any atom is 0.195 e. The number of hydrogen-bond acceptors (Lipinski definition) is 4. The fraction of sp³-hybridized carbons (Fsp3) is 0.583. The van der Waals surface area contributed by atoms with Crippen molar-refractivity contribution in [1.29, 1.82) is 0 Å². The minimum Gasteiger partial charge on any atom is -0.355 e. The molecule has 0 bridgehead atoms. The Bertz CT molecular complexity index is 496. The summed E-state index contributed by atoms with van der Waals surface area (Å²) in [6.45, 7) is 6.35. The van der Waals surface area contributed by atoms with Crippen LogP contribution >= 0.6 is 11.3 Å². The molecular formula is C12H18N4S. The van der Waals surface area contributed by atoms with Gasteiger partial charge in [-0.05, 0) is 19.4 Å². The smallest absolute Gasteiger partial charge is 0.195 e. The van der Waals surface area contributed by atoms with Crippen LogP contribution in [0.25, 0.3) is 4.96 Å². The number of rotatable bonds is 4. The summed E-state index contributed by atoms with van der Waals surface area (Å²) in [6, 6.07) is 0. The lowest BCUT2D eigenvalue weighted by Crippen LogP contribution is -2.22. The van der Waals surface area contributed by atoms with E-state index in [1.807, 2.05) is 0 Å². The number of thiazole rings is 1. The molecule has 0 atom stereocenters. The van der Waals surface area contributed by atoms with E-state index in [0.29, 0.717) is 0 Å². The zero-order chi connectivity index (χ0) is 11.7. The summed E-state index contributed by atoms with van der Waals surface area (Å²) in [7, 11) is 0. The van der Waals surface area contributed by atoms with E-state index in [2.05, 4.69) is 33.1 Å². The molecule has 92 valence electrons. The van der Waals surface area contributed by atoms with Gasteiger partial charge in [0, 0.05) is 31.2 Å². The first-order valence-electron chi connectivity index (χ1n) is 6.30. The van der Waals surface area contributed by atoms with Crippen LogP contribution in [-0.2, 0) is 6.54 Å². The van der Waals surface area contributed by atoms with Gasteiger partial charge in [-0.1, -0.05) is 6.92 Å². The molecule has 0 spiro atoms. The zero-order valence-corrected chi connectivity index (χ0v) is 11.0. The van der Waals surface area contributed by atoms with Crippen LogP contribution in [0.3, 0.4) is 0 Å². The van der Waals surface area contributed by atoms with Gasteiger partial charge >= 0.3 is 0 Å². The monoisotopic (exact) mass is 250 g/mol. The van der Waals surface area contributed by atoms with Gasteiger partial charge in [-0.15, -0.1) is 11.3 Å². The van der Waals surface area contributed by atoms with Gasteiger partial charge in [-0.3, -0.25) is 4.40 Å². The summed E-state index contributed by atoms with van der Waals surface area (Å²) >= 11 is 1.71. The number of nitrogens with one attached hydrogen (secondary N) is 1. The second-order valence-corrected chi connectivity index (χ2v) is 5.29. The molecular weight excluding hydrogens is 232 g/mol. The van der Waals surface area contributed by atoms with E-state index in [9.17, 15) is 0 Å². The van der Waals surface area contributed by atoms with Gasteiger partial charge in [-0.25, -0.2) is 4.98 Å². The average molecular weight is 250 g/mol. The normalized spacial score (nSPS) is 16.2. The van der Waals surface area contributed by atoms with E-state index in [4.69, 9.17) is 4.98 Å².